The van der Waals surface area contributed by atoms with Gasteiger partial charge in [0.1, 0.15) is 0 Å². The number of ether oxygens (including phenoxy) is 2. The molecule has 2 rings (SSSR count). The van der Waals surface area contributed by atoms with E-state index in [1.165, 1.54) is 11.1 Å². The van der Waals surface area contributed by atoms with Crippen LogP contribution >= 0.6 is 15.9 Å². The van der Waals surface area contributed by atoms with Crippen LogP contribution in [0.1, 0.15) is 25.0 Å². The number of halogens is 1. The summed E-state index contributed by atoms with van der Waals surface area (Å²) in [4.78, 5) is 0. The van der Waals surface area contributed by atoms with Crippen LogP contribution in [-0.4, -0.2) is 13.2 Å². The standard InChI is InChI=1S/C18H22BrNO2/c1-13(2)22-17-9-6-15(10-18(17)21-3)12-20-11-14-4-7-16(19)8-5-14/h4-10,13,20H,11-12H2,1-3H3. The third kappa shape index (κ3) is 5.04. The summed E-state index contributed by atoms with van der Waals surface area (Å²) in [6.45, 7) is 5.63. The molecule has 2 aromatic rings. The van der Waals surface area contributed by atoms with Crippen LogP contribution in [0.15, 0.2) is 46.9 Å². The molecule has 0 radical (unpaired) electrons. The fraction of sp³-hybridized carbons (Fsp3) is 0.333. The molecule has 1 N–H and O–H groups in total. The van der Waals surface area contributed by atoms with Gasteiger partial charge < -0.3 is 14.8 Å². The van der Waals surface area contributed by atoms with Crippen molar-refractivity contribution in [2.24, 2.45) is 0 Å². The van der Waals surface area contributed by atoms with Crippen LogP contribution in [-0.2, 0) is 13.1 Å². The molecule has 0 saturated heterocycles. The van der Waals surface area contributed by atoms with E-state index in [0.717, 1.165) is 29.1 Å². The molecule has 0 heterocycles. The summed E-state index contributed by atoms with van der Waals surface area (Å²) in [5.41, 5.74) is 2.43. The molecule has 22 heavy (non-hydrogen) atoms. The summed E-state index contributed by atoms with van der Waals surface area (Å²) in [6.07, 6.45) is 0.135. The first-order valence-corrected chi connectivity index (χ1v) is 8.16. The van der Waals surface area contributed by atoms with E-state index in [9.17, 15) is 0 Å². The number of hydrogen-bond acceptors (Lipinski definition) is 3. The minimum Gasteiger partial charge on any atom is -0.493 e. The van der Waals surface area contributed by atoms with Crippen molar-refractivity contribution in [1.29, 1.82) is 0 Å². The second kappa shape index (κ2) is 8.20. The smallest absolute Gasteiger partial charge is 0.161 e. The molecule has 0 spiro atoms. The lowest BCUT2D eigenvalue weighted by atomic mass is 10.2. The SMILES string of the molecule is COc1cc(CNCc2ccc(Br)cc2)ccc1OC(C)C. The van der Waals surface area contributed by atoms with Gasteiger partial charge in [-0.05, 0) is 49.2 Å². The molecule has 0 saturated carbocycles. The average Bonchev–Trinajstić information content (AvgIpc) is 2.50. The van der Waals surface area contributed by atoms with Crippen molar-refractivity contribution >= 4 is 15.9 Å². The molecule has 0 bridgehead atoms. The molecule has 0 aliphatic heterocycles. The van der Waals surface area contributed by atoms with Gasteiger partial charge in [0.05, 0.1) is 13.2 Å². The summed E-state index contributed by atoms with van der Waals surface area (Å²) in [5, 5.41) is 3.44. The summed E-state index contributed by atoms with van der Waals surface area (Å²) in [6, 6.07) is 14.4. The lowest BCUT2D eigenvalue weighted by Crippen LogP contribution is -2.13. The second-order valence-electron chi connectivity index (χ2n) is 5.38. The van der Waals surface area contributed by atoms with Gasteiger partial charge in [0.25, 0.3) is 0 Å². The fourth-order valence-corrected chi connectivity index (χ4v) is 2.39. The predicted molar refractivity (Wildman–Crippen MR) is 93.4 cm³/mol. The maximum absolute atomic E-state index is 5.73. The monoisotopic (exact) mass is 363 g/mol. The molecule has 0 aliphatic carbocycles. The highest BCUT2D eigenvalue weighted by Crippen LogP contribution is 2.28. The van der Waals surface area contributed by atoms with Gasteiger partial charge in [0.15, 0.2) is 11.5 Å². The van der Waals surface area contributed by atoms with Crippen LogP contribution in [0.3, 0.4) is 0 Å². The van der Waals surface area contributed by atoms with E-state index in [4.69, 9.17) is 9.47 Å². The largest absolute Gasteiger partial charge is 0.493 e. The van der Waals surface area contributed by atoms with Crippen molar-refractivity contribution in [2.75, 3.05) is 7.11 Å². The van der Waals surface area contributed by atoms with Crippen molar-refractivity contribution in [3.8, 4) is 11.5 Å². The molecule has 0 atom stereocenters. The van der Waals surface area contributed by atoms with E-state index < -0.39 is 0 Å². The minimum absolute atomic E-state index is 0.135. The molecular formula is C18H22BrNO2. The molecule has 3 nitrogen and oxygen atoms in total. The summed E-state index contributed by atoms with van der Waals surface area (Å²) in [7, 11) is 1.67. The number of hydrogen-bond donors (Lipinski definition) is 1. The second-order valence-corrected chi connectivity index (χ2v) is 6.30. The highest BCUT2D eigenvalue weighted by atomic mass is 79.9. The van der Waals surface area contributed by atoms with Crippen molar-refractivity contribution in [1.82, 2.24) is 5.32 Å². The van der Waals surface area contributed by atoms with E-state index in [1.54, 1.807) is 7.11 Å². The van der Waals surface area contributed by atoms with Crippen molar-refractivity contribution < 1.29 is 9.47 Å². The van der Waals surface area contributed by atoms with Crippen LogP contribution in [0.25, 0.3) is 0 Å². The lowest BCUT2D eigenvalue weighted by Gasteiger charge is -2.14. The molecule has 4 heteroatoms. The molecule has 0 aromatic heterocycles. The van der Waals surface area contributed by atoms with E-state index in [-0.39, 0.29) is 6.10 Å². The Morgan fingerprint density at radius 1 is 0.955 bits per heavy atom. The minimum atomic E-state index is 0.135. The predicted octanol–water partition coefficient (Wildman–Crippen LogP) is 4.53. The van der Waals surface area contributed by atoms with E-state index in [1.807, 2.05) is 26.0 Å². The molecule has 0 unspecified atom stereocenters. The van der Waals surface area contributed by atoms with Gasteiger partial charge in [-0.2, -0.15) is 0 Å². The third-order valence-electron chi connectivity index (χ3n) is 3.16. The van der Waals surface area contributed by atoms with Crippen molar-refractivity contribution in [3.05, 3.63) is 58.1 Å². The van der Waals surface area contributed by atoms with Crippen LogP contribution in [0.4, 0.5) is 0 Å². The fourth-order valence-electron chi connectivity index (χ4n) is 2.13. The van der Waals surface area contributed by atoms with Crippen molar-refractivity contribution in [2.45, 2.75) is 33.0 Å². The third-order valence-corrected chi connectivity index (χ3v) is 3.69. The quantitative estimate of drug-likeness (QED) is 0.783. The Bertz CT molecular complexity index is 597. The normalized spacial score (nSPS) is 10.8. The lowest BCUT2D eigenvalue weighted by molar-refractivity contribution is 0.230. The first kappa shape index (κ1) is 16.8. The maximum Gasteiger partial charge on any atom is 0.161 e. The molecule has 0 fully saturated rings. The number of methoxy groups -OCH3 is 1. The van der Waals surface area contributed by atoms with E-state index >= 15 is 0 Å². The van der Waals surface area contributed by atoms with Crippen molar-refractivity contribution in [3.63, 3.8) is 0 Å². The Morgan fingerprint density at radius 2 is 1.59 bits per heavy atom. The highest BCUT2D eigenvalue weighted by molar-refractivity contribution is 9.10. The van der Waals surface area contributed by atoms with Gasteiger partial charge >= 0.3 is 0 Å². The van der Waals surface area contributed by atoms with E-state index in [0.29, 0.717) is 0 Å². The number of nitrogens with one attached hydrogen (secondary N) is 1. The highest BCUT2D eigenvalue weighted by Gasteiger charge is 2.07. The summed E-state index contributed by atoms with van der Waals surface area (Å²) >= 11 is 3.44. The Hall–Kier alpha value is -1.52. The van der Waals surface area contributed by atoms with E-state index in [2.05, 4.69) is 51.6 Å². The molecule has 0 amide bonds. The number of benzene rings is 2. The summed E-state index contributed by atoms with van der Waals surface area (Å²) in [5.74, 6) is 1.56. The van der Waals surface area contributed by atoms with Gasteiger partial charge in [0, 0.05) is 17.6 Å². The first-order valence-electron chi connectivity index (χ1n) is 7.37. The summed E-state index contributed by atoms with van der Waals surface area (Å²) < 4.78 is 12.2. The van der Waals surface area contributed by atoms with Gasteiger partial charge in [-0.1, -0.05) is 34.1 Å². The molecule has 118 valence electrons. The van der Waals surface area contributed by atoms with Crippen LogP contribution in [0.5, 0.6) is 11.5 Å². The van der Waals surface area contributed by atoms with Crippen LogP contribution < -0.4 is 14.8 Å². The Kier molecular flexibility index (Phi) is 6.28. The maximum atomic E-state index is 5.73. The van der Waals surface area contributed by atoms with Gasteiger partial charge in [-0.25, -0.2) is 0 Å². The van der Waals surface area contributed by atoms with Crippen LogP contribution in [0, 0.1) is 0 Å². The molecular weight excluding hydrogens is 342 g/mol. The average molecular weight is 364 g/mol. The van der Waals surface area contributed by atoms with Gasteiger partial charge in [-0.15, -0.1) is 0 Å². The zero-order valence-corrected chi connectivity index (χ0v) is 14.8. The van der Waals surface area contributed by atoms with Gasteiger partial charge in [-0.3, -0.25) is 0 Å². The number of rotatable bonds is 7. The topological polar surface area (TPSA) is 30.5 Å². The zero-order valence-electron chi connectivity index (χ0n) is 13.2. The molecule has 0 aliphatic rings. The Morgan fingerprint density at radius 3 is 2.23 bits per heavy atom. The Labute approximate surface area is 140 Å². The Balaban J connectivity index is 1.93. The first-order chi connectivity index (χ1) is 10.6. The van der Waals surface area contributed by atoms with Gasteiger partial charge in [0.2, 0.25) is 0 Å². The molecule has 2 aromatic carbocycles. The van der Waals surface area contributed by atoms with Crippen LogP contribution in [0.2, 0.25) is 0 Å². The zero-order chi connectivity index (χ0) is 15.9.